The predicted octanol–water partition coefficient (Wildman–Crippen LogP) is 4.28. The highest BCUT2D eigenvalue weighted by atomic mass is 16.6. The maximum absolute atomic E-state index is 12.4. The Morgan fingerprint density at radius 3 is 2.26 bits per heavy atom. The molecule has 0 aromatic carbocycles. The van der Waals surface area contributed by atoms with Crippen LogP contribution >= 0.6 is 0 Å². The van der Waals surface area contributed by atoms with Crippen molar-refractivity contribution >= 4 is 11.8 Å². The number of fused-ring (bicyclic) bond motifs is 5. The maximum Gasteiger partial charge on any atom is 0.303 e. The normalized spacial score (nSPS) is 51.7. The van der Waals surface area contributed by atoms with Crippen molar-refractivity contribution < 1.29 is 19.4 Å². The van der Waals surface area contributed by atoms with Gasteiger partial charge in [0.05, 0.1) is 6.10 Å². The SMILES string of the molecule is CC(=O)O[C@@]1(C(C)=O)CC[C@@]2(C)[C@@H](CC[C@@H]3[C@@H]2CC[C@]2(C)[C@@H](O)CC[C@@H]32)C1. The van der Waals surface area contributed by atoms with Gasteiger partial charge in [-0.05, 0) is 99.2 Å². The fourth-order valence-electron chi connectivity index (χ4n) is 7.96. The number of carbonyl (C=O) groups is 2. The number of ketones is 1. The zero-order valence-electron chi connectivity index (χ0n) is 17.4. The first-order valence-corrected chi connectivity index (χ1v) is 11.0. The zero-order chi connectivity index (χ0) is 19.6. The highest BCUT2D eigenvalue weighted by Crippen LogP contribution is 2.67. The number of hydrogen-bond donors (Lipinski definition) is 1. The van der Waals surface area contributed by atoms with Crippen molar-refractivity contribution in [1.82, 2.24) is 0 Å². The van der Waals surface area contributed by atoms with E-state index >= 15 is 0 Å². The molecule has 4 heteroatoms. The van der Waals surface area contributed by atoms with E-state index in [0.29, 0.717) is 36.5 Å². The molecule has 4 aliphatic rings. The van der Waals surface area contributed by atoms with Crippen LogP contribution in [0.15, 0.2) is 0 Å². The third kappa shape index (κ3) is 2.73. The summed E-state index contributed by atoms with van der Waals surface area (Å²) in [6.45, 7) is 7.77. The molecule has 0 spiro atoms. The Morgan fingerprint density at radius 1 is 0.889 bits per heavy atom. The maximum atomic E-state index is 12.4. The largest absolute Gasteiger partial charge is 0.451 e. The van der Waals surface area contributed by atoms with Gasteiger partial charge in [0, 0.05) is 6.92 Å². The number of carbonyl (C=O) groups excluding carboxylic acids is 2. The lowest BCUT2D eigenvalue weighted by atomic mass is 9.44. The van der Waals surface area contributed by atoms with Gasteiger partial charge in [-0.25, -0.2) is 0 Å². The van der Waals surface area contributed by atoms with Crippen LogP contribution in [-0.4, -0.2) is 28.6 Å². The molecule has 0 aliphatic heterocycles. The Bertz CT molecular complexity index is 644. The van der Waals surface area contributed by atoms with Crippen LogP contribution in [0.25, 0.3) is 0 Å². The van der Waals surface area contributed by atoms with Crippen molar-refractivity contribution in [2.75, 3.05) is 0 Å². The molecule has 4 saturated carbocycles. The van der Waals surface area contributed by atoms with Crippen LogP contribution in [0.2, 0.25) is 0 Å². The molecule has 0 amide bonds. The molecular weight excluding hydrogens is 340 g/mol. The Hall–Kier alpha value is -0.900. The summed E-state index contributed by atoms with van der Waals surface area (Å²) in [4.78, 5) is 24.1. The third-order valence-electron chi connectivity index (χ3n) is 9.64. The van der Waals surface area contributed by atoms with E-state index < -0.39 is 5.60 Å². The van der Waals surface area contributed by atoms with Crippen molar-refractivity contribution in [2.45, 2.75) is 97.2 Å². The predicted molar refractivity (Wildman–Crippen MR) is 103 cm³/mol. The molecule has 4 rings (SSSR count). The van der Waals surface area contributed by atoms with Crippen molar-refractivity contribution in [1.29, 1.82) is 0 Å². The van der Waals surface area contributed by atoms with Gasteiger partial charge in [-0.15, -0.1) is 0 Å². The molecule has 8 atom stereocenters. The van der Waals surface area contributed by atoms with E-state index in [4.69, 9.17) is 4.74 Å². The molecular formula is C23H36O4. The van der Waals surface area contributed by atoms with E-state index in [0.717, 1.165) is 25.7 Å². The molecule has 0 heterocycles. The lowest BCUT2D eigenvalue weighted by Crippen LogP contribution is -2.58. The van der Waals surface area contributed by atoms with E-state index in [1.165, 1.54) is 26.2 Å². The van der Waals surface area contributed by atoms with Gasteiger partial charge in [-0.1, -0.05) is 13.8 Å². The molecule has 4 nitrogen and oxygen atoms in total. The summed E-state index contributed by atoms with van der Waals surface area (Å²) in [5, 5.41) is 10.6. The van der Waals surface area contributed by atoms with Crippen molar-refractivity contribution in [3.8, 4) is 0 Å². The number of aliphatic hydroxyl groups excluding tert-OH is 1. The summed E-state index contributed by atoms with van der Waals surface area (Å²) < 4.78 is 5.65. The number of esters is 1. The van der Waals surface area contributed by atoms with E-state index in [1.807, 2.05) is 0 Å². The third-order valence-corrected chi connectivity index (χ3v) is 9.64. The van der Waals surface area contributed by atoms with Crippen LogP contribution in [0.1, 0.15) is 85.5 Å². The van der Waals surface area contributed by atoms with Gasteiger partial charge in [0.1, 0.15) is 0 Å². The Balaban J connectivity index is 1.59. The van der Waals surface area contributed by atoms with Crippen molar-refractivity contribution in [3.63, 3.8) is 0 Å². The van der Waals surface area contributed by atoms with Crippen molar-refractivity contribution in [3.05, 3.63) is 0 Å². The topological polar surface area (TPSA) is 63.6 Å². The molecule has 4 fully saturated rings. The average molecular weight is 377 g/mol. The lowest BCUT2D eigenvalue weighted by Gasteiger charge is -2.61. The van der Waals surface area contributed by atoms with Crippen LogP contribution in [0.5, 0.6) is 0 Å². The van der Waals surface area contributed by atoms with Gasteiger partial charge in [0.2, 0.25) is 0 Å². The average Bonchev–Trinajstić information content (AvgIpc) is 2.90. The number of ether oxygens (including phenoxy) is 1. The fourth-order valence-corrected chi connectivity index (χ4v) is 7.96. The zero-order valence-corrected chi connectivity index (χ0v) is 17.4. The van der Waals surface area contributed by atoms with Crippen LogP contribution in [0, 0.1) is 34.5 Å². The first-order valence-electron chi connectivity index (χ1n) is 11.0. The van der Waals surface area contributed by atoms with E-state index in [1.54, 1.807) is 6.92 Å². The molecule has 0 aromatic rings. The molecule has 0 bridgehead atoms. The number of hydrogen-bond acceptors (Lipinski definition) is 4. The summed E-state index contributed by atoms with van der Waals surface area (Å²) >= 11 is 0. The smallest absolute Gasteiger partial charge is 0.303 e. The van der Waals surface area contributed by atoms with Crippen LogP contribution in [0.4, 0.5) is 0 Å². The summed E-state index contributed by atoms with van der Waals surface area (Å²) in [5.74, 6) is 2.17. The molecule has 0 aromatic heterocycles. The monoisotopic (exact) mass is 376 g/mol. The molecule has 1 N–H and O–H groups in total. The second-order valence-electron chi connectivity index (χ2n) is 10.6. The molecule has 0 unspecified atom stereocenters. The van der Waals surface area contributed by atoms with Gasteiger partial charge in [0.15, 0.2) is 11.4 Å². The summed E-state index contributed by atoms with van der Waals surface area (Å²) in [6.07, 6.45) is 8.99. The molecule has 152 valence electrons. The summed E-state index contributed by atoms with van der Waals surface area (Å²) in [7, 11) is 0. The number of Topliss-reactive ketones (excluding diaryl/α,β-unsaturated/α-hetero) is 1. The summed E-state index contributed by atoms with van der Waals surface area (Å²) in [5.41, 5.74) is -0.549. The molecule has 4 aliphatic carbocycles. The summed E-state index contributed by atoms with van der Waals surface area (Å²) in [6, 6.07) is 0. The molecule has 0 saturated heterocycles. The van der Waals surface area contributed by atoms with Crippen LogP contribution in [0.3, 0.4) is 0 Å². The highest BCUT2D eigenvalue weighted by molar-refractivity contribution is 5.87. The fraction of sp³-hybridized carbons (Fsp3) is 0.913. The Labute approximate surface area is 163 Å². The Morgan fingerprint density at radius 2 is 1.59 bits per heavy atom. The Kier molecular flexibility index (Phi) is 4.53. The van der Waals surface area contributed by atoms with Gasteiger partial charge in [-0.3, -0.25) is 9.59 Å². The van der Waals surface area contributed by atoms with Crippen LogP contribution < -0.4 is 0 Å². The minimum atomic E-state index is -0.893. The lowest BCUT2D eigenvalue weighted by molar-refractivity contribution is -0.187. The van der Waals surface area contributed by atoms with E-state index in [-0.39, 0.29) is 28.7 Å². The van der Waals surface area contributed by atoms with E-state index in [9.17, 15) is 14.7 Å². The highest BCUT2D eigenvalue weighted by Gasteiger charge is 2.62. The molecule has 27 heavy (non-hydrogen) atoms. The molecule has 0 radical (unpaired) electrons. The minimum absolute atomic E-state index is 0.0111. The second-order valence-corrected chi connectivity index (χ2v) is 10.6. The second kappa shape index (κ2) is 6.30. The van der Waals surface area contributed by atoms with Gasteiger partial charge in [-0.2, -0.15) is 0 Å². The number of rotatable bonds is 2. The van der Waals surface area contributed by atoms with Crippen molar-refractivity contribution in [2.24, 2.45) is 34.5 Å². The van der Waals surface area contributed by atoms with Gasteiger partial charge in [0.25, 0.3) is 0 Å². The first kappa shape index (κ1) is 19.4. The van der Waals surface area contributed by atoms with Gasteiger partial charge < -0.3 is 9.84 Å². The standard InChI is InChI=1S/C23H36O4/c1-14(24)23(27-15(2)25)12-11-21(3)16(13-23)5-6-17-18-7-8-20(26)22(18,4)10-9-19(17)21/h16-20,26H,5-13H2,1-4H3/t16-,17-,18-,19-,20-,21-,22-,23-/m0/s1. The van der Waals surface area contributed by atoms with Crippen LogP contribution in [-0.2, 0) is 14.3 Å². The number of aliphatic hydroxyl groups is 1. The quantitative estimate of drug-likeness (QED) is 0.731. The first-order chi connectivity index (χ1) is 12.6. The van der Waals surface area contributed by atoms with Gasteiger partial charge >= 0.3 is 5.97 Å². The van der Waals surface area contributed by atoms with E-state index in [2.05, 4.69) is 13.8 Å². The minimum Gasteiger partial charge on any atom is -0.451 e.